The van der Waals surface area contributed by atoms with Gasteiger partial charge in [0, 0.05) is 29.5 Å². The minimum atomic E-state index is -4.16. The molecule has 2 aromatic heterocycles. The van der Waals surface area contributed by atoms with Crippen LogP contribution in [0, 0.1) is 5.41 Å². The normalized spacial score (nSPS) is 18.4. The molecule has 3 unspecified atom stereocenters. The van der Waals surface area contributed by atoms with Gasteiger partial charge in [0.05, 0.1) is 24.9 Å². The number of methoxy groups -OCH3 is 1. The summed E-state index contributed by atoms with van der Waals surface area (Å²) in [6.45, 7) is 10.4. The molecule has 4 amide bonds. The summed E-state index contributed by atoms with van der Waals surface area (Å²) in [6, 6.07) is 17.4. The molecule has 2 fully saturated rings. The molecule has 0 spiro atoms. The van der Waals surface area contributed by atoms with Gasteiger partial charge in [-0.25, -0.2) is 22.9 Å². The van der Waals surface area contributed by atoms with Crippen molar-refractivity contribution in [1.29, 1.82) is 0 Å². The summed E-state index contributed by atoms with van der Waals surface area (Å²) in [5.74, 6) is -1.02. The smallest absolute Gasteiger partial charge is 0.408 e. The second-order valence-electron chi connectivity index (χ2n) is 16.1. The number of ether oxygens (including phenoxy) is 3. The Labute approximate surface area is 330 Å². The third-order valence-electron chi connectivity index (χ3n) is 9.50. The molecule has 6 rings (SSSR count). The topological polar surface area (TPSA) is 182 Å². The van der Waals surface area contributed by atoms with Crippen LogP contribution in [-0.2, 0) is 29.1 Å². The van der Waals surface area contributed by atoms with Crippen molar-refractivity contribution < 1.29 is 41.8 Å². The Balaban J connectivity index is 1.32. The van der Waals surface area contributed by atoms with Crippen LogP contribution in [-0.4, -0.2) is 85.1 Å². The van der Waals surface area contributed by atoms with Crippen LogP contribution < -0.4 is 24.8 Å². The van der Waals surface area contributed by atoms with Gasteiger partial charge in [-0.05, 0) is 62.6 Å². The highest BCUT2D eigenvalue weighted by Gasteiger charge is 2.55. The van der Waals surface area contributed by atoms with Crippen molar-refractivity contribution in [1.82, 2.24) is 25.2 Å². The molecule has 56 heavy (non-hydrogen) atoms. The summed E-state index contributed by atoms with van der Waals surface area (Å²) in [5, 5.41) is 7.74. The number of aromatic nitrogens is 1. The Kier molecular flexibility index (Phi) is 11.1. The van der Waals surface area contributed by atoms with Crippen molar-refractivity contribution in [2.45, 2.75) is 94.3 Å². The SMILES string of the molecule is COc1ccc2c(OC3CC(C(=O)NC4(C(=O)NS(=O)(=O)c5cccs5)CC4)N(C(=O)C(NC(=O)OC(C)(C)C)C(C)(C)C)C3)cc(-c3ccccc3)nc2c1. The van der Waals surface area contributed by atoms with E-state index in [0.717, 1.165) is 16.9 Å². The first-order valence-electron chi connectivity index (χ1n) is 18.2. The first-order chi connectivity index (χ1) is 26.3. The average molecular weight is 806 g/mol. The highest BCUT2D eigenvalue weighted by molar-refractivity contribution is 7.92. The Bertz CT molecular complexity index is 2230. The Morgan fingerprint density at radius 3 is 2.29 bits per heavy atom. The third kappa shape index (κ3) is 9.07. The molecule has 1 aliphatic carbocycles. The fourth-order valence-electron chi connectivity index (χ4n) is 6.49. The summed E-state index contributed by atoms with van der Waals surface area (Å²) in [5.41, 5.74) is -1.07. The van der Waals surface area contributed by atoms with Gasteiger partial charge in [-0.2, -0.15) is 0 Å². The molecule has 0 bridgehead atoms. The van der Waals surface area contributed by atoms with Gasteiger partial charge >= 0.3 is 6.09 Å². The molecular formula is C40H47N5O9S2. The Morgan fingerprint density at radius 1 is 0.964 bits per heavy atom. The van der Waals surface area contributed by atoms with E-state index in [9.17, 15) is 27.6 Å². The number of nitrogens with one attached hydrogen (secondary N) is 3. The van der Waals surface area contributed by atoms with E-state index in [2.05, 4.69) is 15.4 Å². The van der Waals surface area contributed by atoms with Crippen LogP contribution in [0.2, 0.25) is 0 Å². The Morgan fingerprint density at radius 2 is 1.68 bits per heavy atom. The van der Waals surface area contributed by atoms with Gasteiger partial charge in [0.1, 0.15) is 45.0 Å². The number of pyridine rings is 1. The largest absolute Gasteiger partial charge is 0.497 e. The molecule has 3 atom stereocenters. The second-order valence-corrected chi connectivity index (χ2v) is 19.0. The van der Waals surface area contributed by atoms with E-state index in [4.69, 9.17) is 19.2 Å². The Hall–Kier alpha value is -5.22. The van der Waals surface area contributed by atoms with E-state index in [1.807, 2.05) is 42.5 Å². The first kappa shape index (κ1) is 40.4. The molecule has 2 aliphatic rings. The van der Waals surface area contributed by atoms with Crippen molar-refractivity contribution in [3.05, 3.63) is 72.1 Å². The summed E-state index contributed by atoms with van der Waals surface area (Å²) < 4.78 is 45.5. The number of rotatable bonds is 11. The predicted octanol–water partition coefficient (Wildman–Crippen LogP) is 5.41. The van der Waals surface area contributed by atoms with Crippen LogP contribution >= 0.6 is 11.3 Å². The fraction of sp³-hybridized carbons (Fsp3) is 0.425. The van der Waals surface area contributed by atoms with Crippen molar-refractivity contribution in [2.75, 3.05) is 13.7 Å². The maximum Gasteiger partial charge on any atom is 0.408 e. The van der Waals surface area contributed by atoms with Crippen molar-refractivity contribution in [2.24, 2.45) is 5.41 Å². The number of hydrogen-bond acceptors (Lipinski definition) is 11. The van der Waals surface area contributed by atoms with E-state index >= 15 is 0 Å². The number of amides is 4. The van der Waals surface area contributed by atoms with Crippen LogP contribution in [0.4, 0.5) is 4.79 Å². The molecule has 16 heteroatoms. The van der Waals surface area contributed by atoms with Gasteiger partial charge in [-0.3, -0.25) is 14.4 Å². The minimum absolute atomic E-state index is 0.0205. The molecule has 298 valence electrons. The van der Waals surface area contributed by atoms with E-state index < -0.39 is 68.6 Å². The number of hydrogen-bond donors (Lipinski definition) is 3. The zero-order valence-electron chi connectivity index (χ0n) is 32.4. The lowest BCUT2D eigenvalue weighted by molar-refractivity contribution is -0.143. The maximum absolute atomic E-state index is 14.6. The second kappa shape index (κ2) is 15.4. The lowest BCUT2D eigenvalue weighted by Gasteiger charge is -2.36. The van der Waals surface area contributed by atoms with Crippen LogP contribution in [0.1, 0.15) is 60.8 Å². The van der Waals surface area contributed by atoms with E-state index in [1.54, 1.807) is 72.2 Å². The summed E-state index contributed by atoms with van der Waals surface area (Å²) in [6.07, 6.45) is -1.11. The monoisotopic (exact) mass is 805 g/mol. The van der Waals surface area contributed by atoms with Gasteiger partial charge in [-0.1, -0.05) is 57.2 Å². The molecule has 3 N–H and O–H groups in total. The number of nitrogens with zero attached hydrogens (tertiary/aromatic N) is 2. The maximum atomic E-state index is 14.6. The first-order valence-corrected chi connectivity index (χ1v) is 20.6. The average Bonchev–Trinajstić information content (AvgIpc) is 3.48. The summed E-state index contributed by atoms with van der Waals surface area (Å²) >= 11 is 0.958. The number of sulfonamides is 1. The zero-order valence-corrected chi connectivity index (χ0v) is 34.0. The molecule has 2 aromatic carbocycles. The number of fused-ring (bicyclic) bond motifs is 1. The molecule has 4 aromatic rings. The molecule has 3 heterocycles. The van der Waals surface area contributed by atoms with Crippen molar-refractivity contribution in [3.63, 3.8) is 0 Å². The molecule has 1 aliphatic heterocycles. The number of thiophene rings is 1. The van der Waals surface area contributed by atoms with Crippen LogP contribution in [0.15, 0.2) is 76.3 Å². The van der Waals surface area contributed by atoms with Crippen LogP contribution in [0.5, 0.6) is 11.5 Å². The predicted molar refractivity (Wildman–Crippen MR) is 211 cm³/mol. The number of likely N-dealkylation sites (tertiary alicyclic amines) is 1. The summed E-state index contributed by atoms with van der Waals surface area (Å²) in [7, 11) is -2.60. The third-order valence-corrected chi connectivity index (χ3v) is 12.2. The van der Waals surface area contributed by atoms with Crippen LogP contribution in [0.3, 0.4) is 0 Å². The molecule has 0 radical (unpaired) electrons. The molecular weight excluding hydrogens is 759 g/mol. The highest BCUT2D eigenvalue weighted by Crippen LogP contribution is 2.39. The highest BCUT2D eigenvalue weighted by atomic mass is 32.2. The standard InChI is InChI=1S/C40H47N5O9S2/c1-38(2,3)33(42-37(49)54-39(4,5)6)35(47)45-23-26(21-30(45)34(46)43-40(17-18-40)36(48)44-56(50,51)32-14-11-19-55-32)53-31-22-28(24-12-9-8-10-13-24)41-29-20-25(52-7)15-16-27(29)31/h8-16,19-20,22,26,30,33H,17-18,21,23H2,1-7H3,(H,42,49)(H,43,46)(H,44,48). The van der Waals surface area contributed by atoms with Gasteiger partial charge < -0.3 is 29.7 Å². The number of alkyl carbamates (subject to hydrolysis) is 1. The van der Waals surface area contributed by atoms with Gasteiger partial charge in [0.2, 0.25) is 11.8 Å². The fourth-order valence-corrected chi connectivity index (χ4v) is 8.54. The molecule has 1 saturated heterocycles. The van der Waals surface area contributed by atoms with E-state index in [0.29, 0.717) is 28.1 Å². The molecule has 14 nitrogen and oxygen atoms in total. The lowest BCUT2D eigenvalue weighted by atomic mass is 9.85. The van der Waals surface area contributed by atoms with E-state index in [1.165, 1.54) is 11.0 Å². The van der Waals surface area contributed by atoms with Crippen molar-refractivity contribution >= 4 is 56.1 Å². The zero-order chi connectivity index (χ0) is 40.6. The molecule has 1 saturated carbocycles. The summed E-state index contributed by atoms with van der Waals surface area (Å²) in [4.78, 5) is 61.6. The van der Waals surface area contributed by atoms with Crippen LogP contribution in [0.25, 0.3) is 22.2 Å². The lowest BCUT2D eigenvalue weighted by Crippen LogP contribution is -2.60. The van der Waals surface area contributed by atoms with Gasteiger partial charge in [0.25, 0.3) is 15.9 Å². The minimum Gasteiger partial charge on any atom is -0.497 e. The van der Waals surface area contributed by atoms with Gasteiger partial charge in [-0.15, -0.1) is 11.3 Å². The van der Waals surface area contributed by atoms with Crippen molar-refractivity contribution in [3.8, 4) is 22.8 Å². The number of carbonyl (C=O) groups is 4. The van der Waals surface area contributed by atoms with Gasteiger partial charge in [0.15, 0.2) is 0 Å². The number of benzene rings is 2. The quantitative estimate of drug-likeness (QED) is 0.177. The number of carbonyl (C=O) groups excluding carboxylic acids is 4. The van der Waals surface area contributed by atoms with E-state index in [-0.39, 0.29) is 30.0 Å².